The fourth-order valence-corrected chi connectivity index (χ4v) is 1.89. The van der Waals surface area contributed by atoms with Gasteiger partial charge in [-0.3, -0.25) is 9.78 Å². The number of rotatable bonds is 8. The highest BCUT2D eigenvalue weighted by Crippen LogP contribution is 2.26. The number of alkyl halides is 3. The number of H-pyrrole nitrogens is 1. The summed E-state index contributed by atoms with van der Waals surface area (Å²) >= 11 is 0. The summed E-state index contributed by atoms with van der Waals surface area (Å²) in [5.74, 6) is -0.141. The summed E-state index contributed by atoms with van der Waals surface area (Å²) in [6.07, 6.45) is -2.90. The standard InChI is InChI=1S/C13H21F3N4O/c1-3-20(4-2)8-6-5-7-17-12-18-10(13(14,15)16)9-11(21)19-12/h9H,3-8H2,1-2H3,(H2,17,18,19,21). The van der Waals surface area contributed by atoms with Crippen molar-refractivity contribution >= 4 is 5.95 Å². The summed E-state index contributed by atoms with van der Waals surface area (Å²) in [7, 11) is 0. The molecule has 0 atom stereocenters. The third-order valence-corrected chi connectivity index (χ3v) is 3.12. The predicted molar refractivity (Wildman–Crippen MR) is 75.4 cm³/mol. The summed E-state index contributed by atoms with van der Waals surface area (Å²) < 4.78 is 37.5. The molecule has 2 N–H and O–H groups in total. The van der Waals surface area contributed by atoms with Crippen LogP contribution in [-0.2, 0) is 6.18 Å². The van der Waals surface area contributed by atoms with E-state index in [4.69, 9.17) is 0 Å². The molecule has 1 rings (SSSR count). The van der Waals surface area contributed by atoms with Crippen LogP contribution >= 0.6 is 0 Å². The molecule has 0 unspecified atom stereocenters. The molecule has 0 radical (unpaired) electrons. The Hall–Kier alpha value is -1.57. The quantitative estimate of drug-likeness (QED) is 0.724. The smallest absolute Gasteiger partial charge is 0.356 e. The zero-order valence-corrected chi connectivity index (χ0v) is 12.3. The number of hydrogen-bond donors (Lipinski definition) is 2. The topological polar surface area (TPSA) is 61.0 Å². The molecular weight excluding hydrogens is 285 g/mol. The second-order valence-corrected chi connectivity index (χ2v) is 4.64. The summed E-state index contributed by atoms with van der Waals surface area (Å²) in [4.78, 5) is 19.1. The number of unbranched alkanes of at least 4 members (excludes halogenated alkanes) is 1. The van der Waals surface area contributed by atoms with E-state index < -0.39 is 17.4 Å². The maximum absolute atomic E-state index is 12.5. The zero-order chi connectivity index (χ0) is 15.9. The van der Waals surface area contributed by atoms with Gasteiger partial charge in [-0.15, -0.1) is 0 Å². The van der Waals surface area contributed by atoms with Gasteiger partial charge in [0.05, 0.1) is 0 Å². The minimum absolute atomic E-state index is 0.141. The first-order chi connectivity index (χ1) is 9.86. The molecule has 0 aliphatic carbocycles. The molecule has 5 nitrogen and oxygen atoms in total. The molecular formula is C13H21F3N4O. The SMILES string of the molecule is CCN(CC)CCCCNc1nc(C(F)(F)F)cc(=O)[nH]1. The Balaban J connectivity index is 2.46. The molecule has 120 valence electrons. The number of nitrogens with zero attached hydrogens (tertiary/aromatic N) is 2. The van der Waals surface area contributed by atoms with Crippen molar-refractivity contribution in [2.75, 3.05) is 31.5 Å². The molecule has 0 bridgehead atoms. The fourth-order valence-electron chi connectivity index (χ4n) is 1.89. The van der Waals surface area contributed by atoms with Crippen molar-refractivity contribution < 1.29 is 13.2 Å². The Morgan fingerprint density at radius 1 is 1.29 bits per heavy atom. The summed E-state index contributed by atoms with van der Waals surface area (Å²) in [5.41, 5.74) is -2.00. The third kappa shape index (κ3) is 6.16. The lowest BCUT2D eigenvalue weighted by Gasteiger charge is -2.17. The van der Waals surface area contributed by atoms with Crippen LogP contribution in [0.4, 0.5) is 19.1 Å². The number of hydrogen-bond acceptors (Lipinski definition) is 4. The molecule has 1 aromatic rings. The second kappa shape index (κ2) is 8.02. The van der Waals surface area contributed by atoms with Crippen molar-refractivity contribution in [3.63, 3.8) is 0 Å². The molecule has 0 aromatic carbocycles. The Morgan fingerprint density at radius 2 is 1.95 bits per heavy atom. The van der Waals surface area contributed by atoms with E-state index in [1.54, 1.807) is 0 Å². The maximum Gasteiger partial charge on any atom is 0.433 e. The van der Waals surface area contributed by atoms with Crippen molar-refractivity contribution in [2.24, 2.45) is 0 Å². The molecule has 0 aliphatic heterocycles. The van der Waals surface area contributed by atoms with Crippen LogP contribution in [0.15, 0.2) is 10.9 Å². The van der Waals surface area contributed by atoms with Gasteiger partial charge in [-0.1, -0.05) is 13.8 Å². The molecule has 1 heterocycles. The minimum Gasteiger partial charge on any atom is -0.356 e. The van der Waals surface area contributed by atoms with Gasteiger partial charge in [-0.2, -0.15) is 13.2 Å². The molecule has 0 amide bonds. The average Bonchev–Trinajstić information content (AvgIpc) is 2.41. The zero-order valence-electron chi connectivity index (χ0n) is 12.3. The molecule has 1 aromatic heterocycles. The highest BCUT2D eigenvalue weighted by atomic mass is 19.4. The van der Waals surface area contributed by atoms with Crippen molar-refractivity contribution in [1.29, 1.82) is 0 Å². The van der Waals surface area contributed by atoms with E-state index >= 15 is 0 Å². The van der Waals surface area contributed by atoms with Crippen molar-refractivity contribution in [1.82, 2.24) is 14.9 Å². The van der Waals surface area contributed by atoms with Crippen LogP contribution in [0, 0.1) is 0 Å². The van der Waals surface area contributed by atoms with E-state index in [1.807, 2.05) is 0 Å². The van der Waals surface area contributed by atoms with Crippen molar-refractivity contribution in [3.8, 4) is 0 Å². The van der Waals surface area contributed by atoms with E-state index in [2.05, 4.69) is 34.0 Å². The fraction of sp³-hybridized carbons (Fsp3) is 0.692. The lowest BCUT2D eigenvalue weighted by Crippen LogP contribution is -2.24. The molecule has 0 saturated carbocycles. The van der Waals surface area contributed by atoms with E-state index in [0.29, 0.717) is 12.6 Å². The summed E-state index contributed by atoms with van der Waals surface area (Å²) in [6, 6.07) is 0.450. The molecule has 21 heavy (non-hydrogen) atoms. The maximum atomic E-state index is 12.5. The lowest BCUT2D eigenvalue weighted by molar-refractivity contribution is -0.141. The average molecular weight is 306 g/mol. The number of aromatic nitrogens is 2. The van der Waals surface area contributed by atoms with Gasteiger partial charge < -0.3 is 10.2 Å². The van der Waals surface area contributed by atoms with Gasteiger partial charge in [0.2, 0.25) is 5.95 Å². The summed E-state index contributed by atoms with van der Waals surface area (Å²) in [5, 5.41) is 2.72. The Labute approximate surface area is 121 Å². The summed E-state index contributed by atoms with van der Waals surface area (Å²) in [6.45, 7) is 7.53. The number of aromatic amines is 1. The molecule has 0 saturated heterocycles. The van der Waals surface area contributed by atoms with Crippen LogP contribution in [0.3, 0.4) is 0 Å². The second-order valence-electron chi connectivity index (χ2n) is 4.64. The van der Waals surface area contributed by atoms with Gasteiger partial charge >= 0.3 is 6.18 Å². The van der Waals surface area contributed by atoms with Gasteiger partial charge in [0.25, 0.3) is 5.56 Å². The van der Waals surface area contributed by atoms with Gasteiger partial charge in [0.15, 0.2) is 5.69 Å². The molecule has 8 heteroatoms. The van der Waals surface area contributed by atoms with Gasteiger partial charge in [0.1, 0.15) is 0 Å². The largest absolute Gasteiger partial charge is 0.433 e. The molecule has 0 fully saturated rings. The Morgan fingerprint density at radius 3 is 2.52 bits per heavy atom. The van der Waals surface area contributed by atoms with E-state index in [1.165, 1.54) is 0 Å². The van der Waals surface area contributed by atoms with Crippen LogP contribution in [-0.4, -0.2) is 41.0 Å². The molecule has 0 aliphatic rings. The number of anilines is 1. The lowest BCUT2D eigenvalue weighted by atomic mass is 10.3. The van der Waals surface area contributed by atoms with Gasteiger partial charge in [-0.25, -0.2) is 4.98 Å². The predicted octanol–water partition coefficient (Wildman–Crippen LogP) is 2.32. The number of nitrogens with one attached hydrogen (secondary N) is 2. The van der Waals surface area contributed by atoms with E-state index in [-0.39, 0.29) is 5.95 Å². The van der Waals surface area contributed by atoms with Gasteiger partial charge in [-0.05, 0) is 32.5 Å². The number of halogens is 3. The van der Waals surface area contributed by atoms with E-state index in [9.17, 15) is 18.0 Å². The first kappa shape index (κ1) is 17.5. The van der Waals surface area contributed by atoms with Crippen LogP contribution in [0.25, 0.3) is 0 Å². The van der Waals surface area contributed by atoms with Gasteiger partial charge in [0, 0.05) is 12.6 Å². The molecule has 0 spiro atoms. The van der Waals surface area contributed by atoms with Crippen molar-refractivity contribution in [2.45, 2.75) is 32.9 Å². The normalized spacial score (nSPS) is 11.9. The monoisotopic (exact) mass is 306 g/mol. The highest BCUT2D eigenvalue weighted by molar-refractivity contribution is 5.25. The van der Waals surface area contributed by atoms with Crippen LogP contribution < -0.4 is 10.9 Å². The van der Waals surface area contributed by atoms with Crippen LogP contribution in [0.5, 0.6) is 0 Å². The Kier molecular flexibility index (Phi) is 6.67. The third-order valence-electron chi connectivity index (χ3n) is 3.12. The van der Waals surface area contributed by atoms with E-state index in [0.717, 1.165) is 32.5 Å². The van der Waals surface area contributed by atoms with Crippen LogP contribution in [0.1, 0.15) is 32.4 Å². The van der Waals surface area contributed by atoms with Crippen molar-refractivity contribution in [3.05, 3.63) is 22.1 Å². The minimum atomic E-state index is -4.62. The first-order valence-electron chi connectivity index (χ1n) is 7.01. The van der Waals surface area contributed by atoms with Crippen LogP contribution in [0.2, 0.25) is 0 Å². The first-order valence-corrected chi connectivity index (χ1v) is 7.01. The highest BCUT2D eigenvalue weighted by Gasteiger charge is 2.33. The Bertz CT molecular complexity index is 483.